The van der Waals surface area contributed by atoms with Crippen LogP contribution in [0.3, 0.4) is 0 Å². The van der Waals surface area contributed by atoms with E-state index in [-0.39, 0.29) is 18.8 Å². The number of esters is 1. The van der Waals surface area contributed by atoms with Gasteiger partial charge in [-0.2, -0.15) is 0 Å². The number of hydrogen-bond donors (Lipinski definition) is 0. The van der Waals surface area contributed by atoms with E-state index in [1.165, 1.54) is 7.11 Å². The third-order valence-electron chi connectivity index (χ3n) is 4.44. The van der Waals surface area contributed by atoms with Crippen LogP contribution in [0.15, 0.2) is 22.7 Å². The molecule has 2 rings (SSSR count). The van der Waals surface area contributed by atoms with E-state index < -0.39 is 5.97 Å². The Morgan fingerprint density at radius 1 is 1.07 bits per heavy atom. The lowest BCUT2D eigenvalue weighted by molar-refractivity contribution is -0.141. The lowest BCUT2D eigenvalue weighted by atomic mass is 10.1. The first-order valence-corrected chi connectivity index (χ1v) is 9.37. The predicted octanol–water partition coefficient (Wildman–Crippen LogP) is 3.87. The Morgan fingerprint density at radius 2 is 1.70 bits per heavy atom. The summed E-state index contributed by atoms with van der Waals surface area (Å²) in [6.07, 6.45) is 0.0161. The van der Waals surface area contributed by atoms with Gasteiger partial charge in [0.05, 0.1) is 20.6 Å². The van der Waals surface area contributed by atoms with Crippen molar-refractivity contribution in [1.82, 2.24) is 4.57 Å². The topological polar surface area (TPSA) is 66.8 Å². The molecule has 0 radical (unpaired) electrons. The molecule has 0 aliphatic carbocycles. The van der Waals surface area contributed by atoms with E-state index in [1.54, 1.807) is 19.2 Å². The minimum Gasteiger partial charge on any atom is -0.493 e. The van der Waals surface area contributed by atoms with Crippen LogP contribution in [0.4, 0.5) is 0 Å². The number of ether oxygens (including phenoxy) is 3. The molecule has 0 aliphatic rings. The third-order valence-corrected chi connectivity index (χ3v) is 5.18. The highest BCUT2D eigenvalue weighted by Crippen LogP contribution is 2.33. The van der Waals surface area contributed by atoms with Gasteiger partial charge in [-0.1, -0.05) is 15.9 Å². The molecule has 0 aliphatic heterocycles. The molecule has 0 fully saturated rings. The number of carbonyl (C=O) groups excluding carboxylic acids is 2. The van der Waals surface area contributed by atoms with E-state index in [9.17, 15) is 9.59 Å². The molecule has 1 heterocycles. The van der Waals surface area contributed by atoms with Crippen molar-refractivity contribution >= 4 is 27.7 Å². The SMILES string of the molecule is CCn1c(C)cc(C(=O)COC(=O)Cc2cc(OC)c(OC)cc2Br)c1C. The van der Waals surface area contributed by atoms with E-state index in [0.717, 1.165) is 17.9 Å². The quantitative estimate of drug-likeness (QED) is 0.463. The Morgan fingerprint density at radius 3 is 2.26 bits per heavy atom. The van der Waals surface area contributed by atoms with Crippen molar-refractivity contribution in [3.8, 4) is 11.5 Å². The Kier molecular flexibility index (Phi) is 7.07. The number of hydrogen-bond acceptors (Lipinski definition) is 5. The molecule has 0 spiro atoms. The number of aryl methyl sites for hydroxylation is 1. The van der Waals surface area contributed by atoms with Gasteiger partial charge in [0, 0.05) is 28.0 Å². The zero-order valence-electron chi connectivity index (χ0n) is 16.2. The van der Waals surface area contributed by atoms with Gasteiger partial charge in [-0.3, -0.25) is 9.59 Å². The van der Waals surface area contributed by atoms with Gasteiger partial charge in [-0.15, -0.1) is 0 Å². The Bertz CT molecular complexity index is 857. The van der Waals surface area contributed by atoms with Gasteiger partial charge < -0.3 is 18.8 Å². The minimum absolute atomic E-state index is 0.0161. The molecular formula is C20H24BrNO5. The summed E-state index contributed by atoms with van der Waals surface area (Å²) in [5.74, 6) is 0.387. The molecule has 1 aromatic carbocycles. The number of nitrogens with zero attached hydrogens (tertiary/aromatic N) is 1. The number of rotatable bonds is 8. The second-order valence-corrected chi connectivity index (χ2v) is 6.94. The summed E-state index contributed by atoms with van der Waals surface area (Å²) >= 11 is 3.41. The summed E-state index contributed by atoms with van der Waals surface area (Å²) in [4.78, 5) is 24.6. The van der Waals surface area contributed by atoms with E-state index in [4.69, 9.17) is 14.2 Å². The van der Waals surface area contributed by atoms with E-state index in [2.05, 4.69) is 20.5 Å². The van der Waals surface area contributed by atoms with Crippen molar-refractivity contribution in [3.05, 3.63) is 45.2 Å². The van der Waals surface area contributed by atoms with Gasteiger partial charge in [-0.25, -0.2) is 0 Å². The molecule has 27 heavy (non-hydrogen) atoms. The summed E-state index contributed by atoms with van der Waals surface area (Å²) in [5, 5.41) is 0. The second kappa shape index (κ2) is 9.08. The lowest BCUT2D eigenvalue weighted by Gasteiger charge is -2.12. The maximum atomic E-state index is 12.4. The zero-order valence-corrected chi connectivity index (χ0v) is 17.8. The number of methoxy groups -OCH3 is 2. The highest BCUT2D eigenvalue weighted by atomic mass is 79.9. The highest BCUT2D eigenvalue weighted by Gasteiger charge is 2.18. The molecule has 0 saturated carbocycles. The number of benzene rings is 1. The maximum absolute atomic E-state index is 12.4. The zero-order chi connectivity index (χ0) is 20.1. The van der Waals surface area contributed by atoms with Gasteiger partial charge in [0.1, 0.15) is 0 Å². The molecule has 0 saturated heterocycles. The van der Waals surface area contributed by atoms with Gasteiger partial charge in [-0.05, 0) is 44.5 Å². The van der Waals surface area contributed by atoms with Crippen molar-refractivity contribution in [3.63, 3.8) is 0 Å². The third kappa shape index (κ3) is 4.71. The largest absolute Gasteiger partial charge is 0.493 e. The fraction of sp³-hybridized carbons (Fsp3) is 0.400. The minimum atomic E-state index is -0.486. The van der Waals surface area contributed by atoms with Crippen LogP contribution in [0.25, 0.3) is 0 Å². The predicted molar refractivity (Wildman–Crippen MR) is 106 cm³/mol. The van der Waals surface area contributed by atoms with Crippen LogP contribution in [0.5, 0.6) is 11.5 Å². The Hall–Kier alpha value is -2.28. The molecule has 0 bridgehead atoms. The number of halogens is 1. The molecule has 7 heteroatoms. The first kappa shape index (κ1) is 21.0. The van der Waals surface area contributed by atoms with Crippen LogP contribution in [0.2, 0.25) is 0 Å². The van der Waals surface area contributed by atoms with Crippen LogP contribution < -0.4 is 9.47 Å². The molecule has 0 unspecified atom stereocenters. The fourth-order valence-electron chi connectivity index (χ4n) is 3.03. The smallest absolute Gasteiger partial charge is 0.310 e. The van der Waals surface area contributed by atoms with Crippen molar-refractivity contribution in [2.24, 2.45) is 0 Å². The van der Waals surface area contributed by atoms with Crippen molar-refractivity contribution in [2.45, 2.75) is 33.7 Å². The monoisotopic (exact) mass is 437 g/mol. The van der Waals surface area contributed by atoms with Crippen molar-refractivity contribution < 1.29 is 23.8 Å². The van der Waals surface area contributed by atoms with E-state index >= 15 is 0 Å². The average Bonchev–Trinajstić information content (AvgIpc) is 2.94. The number of ketones is 1. The van der Waals surface area contributed by atoms with Crippen LogP contribution >= 0.6 is 15.9 Å². The van der Waals surface area contributed by atoms with Crippen LogP contribution in [0.1, 0.15) is 34.2 Å². The summed E-state index contributed by atoms with van der Waals surface area (Å²) < 4.78 is 18.4. The molecule has 146 valence electrons. The van der Waals surface area contributed by atoms with Crippen molar-refractivity contribution in [2.75, 3.05) is 20.8 Å². The first-order valence-electron chi connectivity index (χ1n) is 8.58. The highest BCUT2D eigenvalue weighted by molar-refractivity contribution is 9.10. The Balaban J connectivity index is 2.03. The fourth-order valence-corrected chi connectivity index (χ4v) is 3.49. The standard InChI is InChI=1S/C20H24BrNO5/c1-6-22-12(2)7-15(13(22)3)17(23)11-27-20(24)9-14-8-18(25-4)19(26-5)10-16(14)21/h7-8,10H,6,9,11H2,1-5H3. The molecule has 6 nitrogen and oxygen atoms in total. The molecule has 0 atom stereocenters. The number of aromatic nitrogens is 1. The molecule has 0 amide bonds. The Labute approximate surface area is 167 Å². The second-order valence-electron chi connectivity index (χ2n) is 6.09. The van der Waals surface area contributed by atoms with Crippen LogP contribution in [-0.4, -0.2) is 37.1 Å². The summed E-state index contributed by atoms with van der Waals surface area (Å²) in [6.45, 7) is 6.38. The lowest BCUT2D eigenvalue weighted by Crippen LogP contribution is -2.16. The van der Waals surface area contributed by atoms with Gasteiger partial charge >= 0.3 is 5.97 Å². The number of Topliss-reactive ketones (excluding diaryl/α,β-unsaturated/α-hetero) is 1. The van der Waals surface area contributed by atoms with E-state index in [1.807, 2.05) is 26.8 Å². The van der Waals surface area contributed by atoms with Gasteiger partial charge in [0.2, 0.25) is 5.78 Å². The summed E-state index contributed by atoms with van der Waals surface area (Å²) in [7, 11) is 3.07. The van der Waals surface area contributed by atoms with Crippen LogP contribution in [-0.2, 0) is 22.5 Å². The normalized spacial score (nSPS) is 10.6. The molecule has 0 N–H and O–H groups in total. The summed E-state index contributed by atoms with van der Waals surface area (Å²) in [6, 6.07) is 5.27. The van der Waals surface area contributed by atoms with E-state index in [0.29, 0.717) is 27.1 Å². The van der Waals surface area contributed by atoms with Gasteiger partial charge in [0.15, 0.2) is 18.1 Å². The van der Waals surface area contributed by atoms with Crippen molar-refractivity contribution in [1.29, 1.82) is 0 Å². The van der Waals surface area contributed by atoms with Gasteiger partial charge in [0.25, 0.3) is 0 Å². The van der Waals surface area contributed by atoms with Crippen LogP contribution in [0, 0.1) is 13.8 Å². The first-order chi connectivity index (χ1) is 12.8. The summed E-state index contributed by atoms with van der Waals surface area (Å²) in [5.41, 5.74) is 3.18. The number of carbonyl (C=O) groups is 2. The average molecular weight is 438 g/mol. The molecular weight excluding hydrogens is 414 g/mol. The molecule has 1 aromatic heterocycles. The molecule has 2 aromatic rings. The maximum Gasteiger partial charge on any atom is 0.310 e.